The highest BCUT2D eigenvalue weighted by molar-refractivity contribution is 8.03. The zero-order valence-corrected chi connectivity index (χ0v) is 19.3. The molecule has 0 aliphatic carbocycles. The monoisotopic (exact) mass is 475 g/mol. The van der Waals surface area contributed by atoms with Gasteiger partial charge in [0, 0.05) is 48.2 Å². The van der Waals surface area contributed by atoms with Crippen molar-refractivity contribution >= 4 is 35.2 Å². The first kappa shape index (κ1) is 23.2. The van der Waals surface area contributed by atoms with Crippen molar-refractivity contribution in [1.82, 2.24) is 9.80 Å². The van der Waals surface area contributed by atoms with Crippen LogP contribution in [-0.2, 0) is 25.7 Å². The Morgan fingerprint density at radius 1 is 1.33 bits per heavy atom. The van der Waals surface area contributed by atoms with E-state index in [0.29, 0.717) is 23.4 Å². The molecule has 0 radical (unpaired) electrons. The Morgan fingerprint density at radius 3 is 2.55 bits per heavy atom. The first-order chi connectivity index (χ1) is 15.6. The summed E-state index contributed by atoms with van der Waals surface area (Å²) in [6.07, 6.45) is -0.497. The van der Waals surface area contributed by atoms with Gasteiger partial charge in [0.15, 0.2) is 0 Å². The fourth-order valence-corrected chi connectivity index (χ4v) is 6.21. The van der Waals surface area contributed by atoms with Gasteiger partial charge in [0.05, 0.1) is 23.0 Å². The Morgan fingerprint density at radius 2 is 2.00 bits per heavy atom. The molecule has 10 nitrogen and oxygen atoms in total. The summed E-state index contributed by atoms with van der Waals surface area (Å²) in [6.45, 7) is 3.92. The van der Waals surface area contributed by atoms with Crippen molar-refractivity contribution in [3.63, 3.8) is 0 Å². The van der Waals surface area contributed by atoms with Gasteiger partial charge in [-0.1, -0.05) is 6.92 Å². The molecule has 176 valence electrons. The van der Waals surface area contributed by atoms with Crippen LogP contribution in [0.2, 0.25) is 0 Å². The SMILES string of the molecule is C[C@@H](O)[C@H]1C(=O)N2C(C(=O)OCc3ccc([N+](=O)[O-])cc3)=C(S[C@@H]3CC(=O)N(C)C3)[C@H](C)[C@H]12. The number of aliphatic hydroxyl groups excluding tert-OH is 1. The molecule has 2 amide bonds. The standard InChI is InChI=1S/C22H25N3O7S/c1-11-18-17(12(2)26)21(28)24(18)19(20(11)33-15-8-16(27)23(3)9-15)22(29)32-10-13-4-6-14(7-5-13)25(30)31/h4-7,11-12,15,17-18,26H,8-10H2,1-3H3/t11-,12-,15-,17-,18-/m1/s1. The van der Waals surface area contributed by atoms with Gasteiger partial charge in [0.2, 0.25) is 11.8 Å². The normalized spacial score (nSPS) is 27.5. The lowest BCUT2D eigenvalue weighted by molar-refractivity contribution is -0.384. The van der Waals surface area contributed by atoms with Crippen molar-refractivity contribution < 1.29 is 29.2 Å². The average molecular weight is 476 g/mol. The number of carbonyl (C=O) groups is 3. The van der Waals surface area contributed by atoms with Gasteiger partial charge in [-0.3, -0.25) is 19.7 Å². The average Bonchev–Trinajstić information content (AvgIpc) is 3.20. The van der Waals surface area contributed by atoms with Crippen LogP contribution in [0.15, 0.2) is 34.9 Å². The number of ether oxygens (including phenoxy) is 1. The van der Waals surface area contributed by atoms with Crippen LogP contribution in [0.5, 0.6) is 0 Å². The summed E-state index contributed by atoms with van der Waals surface area (Å²) in [5.74, 6) is -1.74. The van der Waals surface area contributed by atoms with Gasteiger partial charge in [-0.2, -0.15) is 0 Å². The number of likely N-dealkylation sites (tertiary alicyclic amines) is 1. The lowest BCUT2D eigenvalue weighted by Crippen LogP contribution is -2.63. The Kier molecular flexibility index (Phi) is 6.19. The number of non-ortho nitro benzene ring substituents is 1. The van der Waals surface area contributed by atoms with E-state index < -0.39 is 22.9 Å². The van der Waals surface area contributed by atoms with Crippen LogP contribution in [0.25, 0.3) is 0 Å². The van der Waals surface area contributed by atoms with Gasteiger partial charge in [-0.25, -0.2) is 4.79 Å². The number of carbonyl (C=O) groups excluding carboxylic acids is 3. The van der Waals surface area contributed by atoms with Gasteiger partial charge in [0.1, 0.15) is 12.3 Å². The van der Waals surface area contributed by atoms with Gasteiger partial charge in [0.25, 0.3) is 5.69 Å². The summed E-state index contributed by atoms with van der Waals surface area (Å²) in [5.41, 5.74) is 0.680. The van der Waals surface area contributed by atoms with E-state index in [4.69, 9.17) is 4.74 Å². The Labute approximate surface area is 194 Å². The van der Waals surface area contributed by atoms with Crippen LogP contribution in [0.3, 0.4) is 0 Å². The molecule has 3 heterocycles. The number of thioether (sulfide) groups is 1. The number of amides is 2. The third-order valence-electron chi connectivity index (χ3n) is 6.42. The summed E-state index contributed by atoms with van der Waals surface area (Å²) < 4.78 is 5.48. The quantitative estimate of drug-likeness (QED) is 0.273. The lowest BCUT2D eigenvalue weighted by Gasteiger charge is -2.46. The number of hydrogen-bond acceptors (Lipinski definition) is 8. The molecule has 1 N–H and O–H groups in total. The highest BCUT2D eigenvalue weighted by Gasteiger charge is 2.60. The number of aliphatic hydroxyl groups is 1. The number of nitro groups is 1. The Balaban J connectivity index is 1.56. The highest BCUT2D eigenvalue weighted by atomic mass is 32.2. The summed E-state index contributed by atoms with van der Waals surface area (Å²) in [6, 6.07) is 5.34. The van der Waals surface area contributed by atoms with E-state index in [1.165, 1.54) is 40.9 Å². The molecule has 0 unspecified atom stereocenters. The molecule has 5 atom stereocenters. The zero-order chi connectivity index (χ0) is 24.0. The maximum absolute atomic E-state index is 13.1. The molecule has 33 heavy (non-hydrogen) atoms. The molecule has 1 aromatic carbocycles. The van der Waals surface area contributed by atoms with Crippen LogP contribution in [-0.4, -0.2) is 68.6 Å². The van der Waals surface area contributed by atoms with Crippen molar-refractivity contribution in [3.8, 4) is 0 Å². The van der Waals surface area contributed by atoms with E-state index in [1.807, 2.05) is 6.92 Å². The molecule has 2 fully saturated rings. The molecule has 0 saturated carbocycles. The topological polar surface area (TPSA) is 130 Å². The number of esters is 1. The minimum atomic E-state index is -0.845. The van der Waals surface area contributed by atoms with Gasteiger partial charge < -0.3 is 19.6 Å². The predicted molar refractivity (Wildman–Crippen MR) is 119 cm³/mol. The second-order valence-corrected chi connectivity index (χ2v) is 10.0. The molecular formula is C22H25N3O7S. The number of nitro benzene ring substituents is 1. The minimum Gasteiger partial charge on any atom is -0.456 e. The first-order valence-electron chi connectivity index (χ1n) is 10.7. The predicted octanol–water partition coefficient (Wildman–Crippen LogP) is 1.67. The number of β-lactam (4-membered cyclic amide) rings is 1. The van der Waals surface area contributed by atoms with Crippen LogP contribution < -0.4 is 0 Å². The fourth-order valence-electron chi connectivity index (χ4n) is 4.68. The molecule has 3 aliphatic heterocycles. The molecular weight excluding hydrogens is 450 g/mol. The molecule has 2 saturated heterocycles. The Hall–Kier alpha value is -2.92. The second-order valence-electron chi connectivity index (χ2n) is 8.68. The smallest absolute Gasteiger partial charge is 0.356 e. The van der Waals surface area contributed by atoms with E-state index in [-0.39, 0.29) is 47.0 Å². The summed E-state index contributed by atoms with van der Waals surface area (Å²) in [4.78, 5) is 52.0. The van der Waals surface area contributed by atoms with Crippen molar-refractivity contribution in [2.75, 3.05) is 13.6 Å². The van der Waals surface area contributed by atoms with E-state index >= 15 is 0 Å². The van der Waals surface area contributed by atoms with Crippen LogP contribution >= 0.6 is 11.8 Å². The third kappa shape index (κ3) is 4.10. The minimum absolute atomic E-state index is 0.0299. The number of fused-ring (bicyclic) bond motifs is 1. The molecule has 3 aliphatic rings. The number of nitrogens with zero attached hydrogens (tertiary/aromatic N) is 3. The number of rotatable bonds is 7. The van der Waals surface area contributed by atoms with E-state index in [1.54, 1.807) is 18.9 Å². The largest absolute Gasteiger partial charge is 0.456 e. The number of hydrogen-bond donors (Lipinski definition) is 1. The summed E-state index contributed by atoms with van der Waals surface area (Å²) >= 11 is 1.42. The van der Waals surface area contributed by atoms with Gasteiger partial charge >= 0.3 is 5.97 Å². The number of benzene rings is 1. The first-order valence-corrected chi connectivity index (χ1v) is 11.5. The third-order valence-corrected chi connectivity index (χ3v) is 7.89. The Bertz CT molecular complexity index is 1040. The van der Waals surface area contributed by atoms with Crippen molar-refractivity contribution in [1.29, 1.82) is 0 Å². The maximum Gasteiger partial charge on any atom is 0.356 e. The molecule has 0 bridgehead atoms. The molecule has 1 aromatic rings. The molecule has 0 aromatic heterocycles. The highest BCUT2D eigenvalue weighted by Crippen LogP contribution is 2.52. The van der Waals surface area contributed by atoms with Crippen LogP contribution in [0, 0.1) is 22.0 Å². The lowest BCUT2D eigenvalue weighted by atomic mass is 9.79. The second kappa shape index (κ2) is 8.79. The molecule has 4 rings (SSSR count). The fraction of sp³-hybridized carbons (Fsp3) is 0.500. The van der Waals surface area contributed by atoms with E-state index in [0.717, 1.165) is 0 Å². The van der Waals surface area contributed by atoms with Crippen molar-refractivity contribution in [2.45, 2.75) is 44.3 Å². The van der Waals surface area contributed by atoms with Crippen molar-refractivity contribution in [2.24, 2.45) is 11.8 Å². The van der Waals surface area contributed by atoms with Crippen LogP contribution in [0.1, 0.15) is 25.8 Å². The van der Waals surface area contributed by atoms with Gasteiger partial charge in [-0.05, 0) is 24.6 Å². The molecule has 11 heteroatoms. The summed E-state index contributed by atoms with van der Waals surface area (Å²) in [5, 5.41) is 20.9. The van der Waals surface area contributed by atoms with Crippen LogP contribution in [0.4, 0.5) is 5.69 Å². The summed E-state index contributed by atoms with van der Waals surface area (Å²) in [7, 11) is 1.73. The van der Waals surface area contributed by atoms with E-state index in [2.05, 4.69) is 0 Å². The van der Waals surface area contributed by atoms with E-state index in [9.17, 15) is 29.6 Å². The van der Waals surface area contributed by atoms with Gasteiger partial charge in [-0.15, -0.1) is 11.8 Å². The zero-order valence-electron chi connectivity index (χ0n) is 18.5. The molecule has 0 spiro atoms. The maximum atomic E-state index is 13.1. The van der Waals surface area contributed by atoms with Crippen molar-refractivity contribution in [3.05, 3.63) is 50.5 Å².